The molecule has 0 bridgehead atoms. The fraction of sp³-hybridized carbons (Fsp3) is 0.286. The molecule has 0 aliphatic carbocycles. The molecule has 2 aromatic rings. The third-order valence-corrected chi connectivity index (χ3v) is 3.89. The number of benzene rings is 1. The minimum atomic E-state index is -4.43. The van der Waals surface area contributed by atoms with Crippen molar-refractivity contribution in [3.63, 3.8) is 0 Å². The molecular weight excluding hydrogens is 351 g/mol. The maximum atomic E-state index is 12.8. The second-order valence-electron chi connectivity index (χ2n) is 4.56. The third kappa shape index (κ3) is 3.48. The number of nitrogens with two attached hydrogens (primary N) is 1. The Morgan fingerprint density at radius 2 is 2.00 bits per heavy atom. The zero-order valence-electron chi connectivity index (χ0n) is 10.8. The van der Waals surface area contributed by atoms with E-state index in [1.54, 1.807) is 6.07 Å². The zero-order valence-corrected chi connectivity index (χ0v) is 12.4. The lowest BCUT2D eigenvalue weighted by atomic mass is 9.89. The van der Waals surface area contributed by atoms with Gasteiger partial charge in [0.1, 0.15) is 0 Å². The molecule has 3 nitrogen and oxygen atoms in total. The lowest BCUT2D eigenvalue weighted by Gasteiger charge is -2.22. The van der Waals surface area contributed by atoms with Crippen molar-refractivity contribution in [1.82, 2.24) is 0 Å². The summed E-state index contributed by atoms with van der Waals surface area (Å²) in [7, 11) is 0. The summed E-state index contributed by atoms with van der Waals surface area (Å²) in [5.74, 6) is -0.666. The van der Waals surface area contributed by atoms with E-state index in [-0.39, 0.29) is 6.54 Å². The molecule has 2 unspecified atom stereocenters. The lowest BCUT2D eigenvalue weighted by molar-refractivity contribution is -0.137. The minimum absolute atomic E-state index is 0.0000964. The summed E-state index contributed by atoms with van der Waals surface area (Å²) in [5, 5.41) is 10.3. The highest BCUT2D eigenvalue weighted by molar-refractivity contribution is 9.10. The first-order valence-corrected chi connectivity index (χ1v) is 6.92. The number of hydrogen-bond acceptors (Lipinski definition) is 3. The van der Waals surface area contributed by atoms with Gasteiger partial charge in [0.25, 0.3) is 0 Å². The highest BCUT2D eigenvalue weighted by Crippen LogP contribution is 2.37. The fourth-order valence-electron chi connectivity index (χ4n) is 2.13. The van der Waals surface area contributed by atoms with Crippen LogP contribution in [0.1, 0.15) is 28.7 Å². The van der Waals surface area contributed by atoms with Crippen LogP contribution in [0, 0.1) is 0 Å². The van der Waals surface area contributed by atoms with E-state index in [1.165, 1.54) is 18.4 Å². The van der Waals surface area contributed by atoms with Gasteiger partial charge in [-0.25, -0.2) is 0 Å². The van der Waals surface area contributed by atoms with Crippen molar-refractivity contribution in [2.24, 2.45) is 5.73 Å². The van der Waals surface area contributed by atoms with Gasteiger partial charge in [-0.1, -0.05) is 18.2 Å². The Bertz CT molecular complexity index is 612. The maximum Gasteiger partial charge on any atom is 0.416 e. The number of aliphatic hydroxyl groups excluding tert-OH is 1. The summed E-state index contributed by atoms with van der Waals surface area (Å²) in [6.45, 7) is 0.0000964. The summed E-state index contributed by atoms with van der Waals surface area (Å²) in [5.41, 5.74) is 5.64. The van der Waals surface area contributed by atoms with Gasteiger partial charge in [0, 0.05) is 18.0 Å². The molecular formula is C14H13BrF3NO2. The van der Waals surface area contributed by atoms with Crippen LogP contribution in [0.3, 0.4) is 0 Å². The van der Waals surface area contributed by atoms with E-state index in [0.717, 1.165) is 12.1 Å². The van der Waals surface area contributed by atoms with Crippen molar-refractivity contribution >= 4 is 15.9 Å². The number of furan rings is 1. The first-order chi connectivity index (χ1) is 9.84. The first kappa shape index (κ1) is 16.1. The summed E-state index contributed by atoms with van der Waals surface area (Å²) < 4.78 is 43.6. The number of aliphatic hydroxyl groups is 1. The number of halogens is 4. The van der Waals surface area contributed by atoms with Gasteiger partial charge < -0.3 is 15.3 Å². The van der Waals surface area contributed by atoms with Crippen molar-refractivity contribution in [2.75, 3.05) is 6.54 Å². The molecule has 2 atom stereocenters. The topological polar surface area (TPSA) is 59.4 Å². The molecule has 1 heterocycles. The smallest absolute Gasteiger partial charge is 0.416 e. The highest BCUT2D eigenvalue weighted by Gasteiger charge is 2.32. The van der Waals surface area contributed by atoms with Crippen molar-refractivity contribution < 1.29 is 22.7 Å². The van der Waals surface area contributed by atoms with Crippen LogP contribution in [0.2, 0.25) is 0 Å². The zero-order chi connectivity index (χ0) is 15.6. The van der Waals surface area contributed by atoms with E-state index < -0.39 is 23.8 Å². The van der Waals surface area contributed by atoms with Gasteiger partial charge in [-0.2, -0.15) is 13.2 Å². The van der Waals surface area contributed by atoms with E-state index in [1.807, 2.05) is 0 Å². The van der Waals surface area contributed by atoms with E-state index in [9.17, 15) is 18.3 Å². The first-order valence-electron chi connectivity index (χ1n) is 6.12. The molecule has 0 fully saturated rings. The van der Waals surface area contributed by atoms with Crippen LogP contribution >= 0.6 is 15.9 Å². The van der Waals surface area contributed by atoms with Gasteiger partial charge in [0.15, 0.2) is 4.67 Å². The Morgan fingerprint density at radius 1 is 1.29 bits per heavy atom. The Hall–Kier alpha value is -1.31. The molecule has 2 rings (SSSR count). The molecule has 21 heavy (non-hydrogen) atoms. The molecule has 0 saturated heterocycles. The Kier molecular flexibility index (Phi) is 4.75. The molecule has 1 aromatic heterocycles. The summed E-state index contributed by atoms with van der Waals surface area (Å²) >= 11 is 3.14. The molecule has 7 heteroatoms. The normalized spacial score (nSPS) is 15.0. The third-order valence-electron chi connectivity index (χ3n) is 3.24. The summed E-state index contributed by atoms with van der Waals surface area (Å²) in [6, 6.07) is 6.36. The van der Waals surface area contributed by atoms with Crippen LogP contribution in [-0.4, -0.2) is 11.7 Å². The van der Waals surface area contributed by atoms with Gasteiger partial charge in [0.05, 0.1) is 17.9 Å². The molecule has 0 aliphatic heterocycles. The van der Waals surface area contributed by atoms with Crippen molar-refractivity contribution in [3.05, 3.63) is 58.0 Å². The van der Waals surface area contributed by atoms with Gasteiger partial charge in [-0.3, -0.25) is 0 Å². The van der Waals surface area contributed by atoms with Crippen LogP contribution in [0.4, 0.5) is 13.2 Å². The van der Waals surface area contributed by atoms with Crippen LogP contribution < -0.4 is 5.73 Å². The Balaban J connectivity index is 2.36. The predicted molar refractivity (Wildman–Crippen MR) is 74.6 cm³/mol. The highest BCUT2D eigenvalue weighted by atomic mass is 79.9. The second-order valence-corrected chi connectivity index (χ2v) is 5.28. The average Bonchev–Trinajstić information content (AvgIpc) is 2.85. The number of hydrogen-bond donors (Lipinski definition) is 2. The Labute approximate surface area is 127 Å². The molecule has 0 saturated carbocycles. The molecule has 0 spiro atoms. The van der Waals surface area contributed by atoms with Crippen LogP contribution in [0.15, 0.2) is 45.7 Å². The van der Waals surface area contributed by atoms with Crippen LogP contribution in [0.25, 0.3) is 0 Å². The molecule has 0 amide bonds. The van der Waals surface area contributed by atoms with E-state index >= 15 is 0 Å². The van der Waals surface area contributed by atoms with Gasteiger partial charge >= 0.3 is 6.18 Å². The SMILES string of the molecule is NCC(c1cccc(C(F)(F)F)c1)C(O)c1ccoc1Br. The van der Waals surface area contributed by atoms with E-state index in [4.69, 9.17) is 10.2 Å². The summed E-state index contributed by atoms with van der Waals surface area (Å²) in [6.07, 6.45) is -4.12. The average molecular weight is 364 g/mol. The van der Waals surface area contributed by atoms with Crippen molar-refractivity contribution in [2.45, 2.75) is 18.2 Å². The number of alkyl halides is 3. The number of rotatable bonds is 4. The fourth-order valence-corrected chi connectivity index (χ4v) is 2.60. The molecule has 1 aromatic carbocycles. The van der Waals surface area contributed by atoms with Gasteiger partial charge in [-0.15, -0.1) is 0 Å². The van der Waals surface area contributed by atoms with Crippen LogP contribution in [0.5, 0.6) is 0 Å². The second kappa shape index (κ2) is 6.21. The largest absolute Gasteiger partial charge is 0.457 e. The Morgan fingerprint density at radius 3 is 2.52 bits per heavy atom. The minimum Gasteiger partial charge on any atom is -0.457 e. The predicted octanol–water partition coefficient (Wildman–Crippen LogP) is 3.84. The quantitative estimate of drug-likeness (QED) is 0.867. The van der Waals surface area contributed by atoms with Crippen molar-refractivity contribution in [3.8, 4) is 0 Å². The van der Waals surface area contributed by atoms with Crippen LogP contribution in [-0.2, 0) is 6.18 Å². The molecule has 3 N–H and O–H groups in total. The monoisotopic (exact) mass is 363 g/mol. The van der Waals surface area contributed by atoms with Gasteiger partial charge in [-0.05, 0) is 33.6 Å². The van der Waals surface area contributed by atoms with Gasteiger partial charge in [0.2, 0.25) is 0 Å². The summed E-state index contributed by atoms with van der Waals surface area (Å²) in [4.78, 5) is 0. The van der Waals surface area contributed by atoms with E-state index in [2.05, 4.69) is 15.9 Å². The van der Waals surface area contributed by atoms with Crippen molar-refractivity contribution in [1.29, 1.82) is 0 Å². The molecule has 0 radical (unpaired) electrons. The van der Waals surface area contributed by atoms with E-state index in [0.29, 0.717) is 15.8 Å². The molecule has 0 aliphatic rings. The standard InChI is InChI=1S/C14H13BrF3NO2/c15-13-10(4-5-21-13)12(20)11(7-19)8-2-1-3-9(6-8)14(16,17)18/h1-6,11-12,20H,7,19H2. The molecule has 114 valence electrons. The maximum absolute atomic E-state index is 12.8. The lowest BCUT2D eigenvalue weighted by Crippen LogP contribution is -2.20.